The SMILES string of the molecule is Nc1nn(-c2ccccc2C=O)c(N)c1N=Nc1ccccc1. The number of aldehydes is 1. The molecule has 7 nitrogen and oxygen atoms in total. The van der Waals surface area contributed by atoms with Gasteiger partial charge in [-0.3, -0.25) is 4.79 Å². The molecular formula is C16H14N6O. The maximum absolute atomic E-state index is 11.2. The van der Waals surface area contributed by atoms with Crippen LogP contribution in [0.1, 0.15) is 10.4 Å². The number of hydrogen-bond acceptors (Lipinski definition) is 6. The zero-order valence-corrected chi connectivity index (χ0v) is 12.1. The van der Waals surface area contributed by atoms with E-state index >= 15 is 0 Å². The Bertz CT molecular complexity index is 870. The third kappa shape index (κ3) is 2.80. The third-order valence-electron chi connectivity index (χ3n) is 3.23. The van der Waals surface area contributed by atoms with Gasteiger partial charge >= 0.3 is 0 Å². The summed E-state index contributed by atoms with van der Waals surface area (Å²) in [5, 5.41) is 12.3. The third-order valence-corrected chi connectivity index (χ3v) is 3.23. The van der Waals surface area contributed by atoms with E-state index in [0.29, 0.717) is 16.9 Å². The van der Waals surface area contributed by atoms with Crippen LogP contribution in [-0.4, -0.2) is 16.1 Å². The Kier molecular flexibility index (Phi) is 3.84. The number of carbonyl (C=O) groups is 1. The van der Waals surface area contributed by atoms with Gasteiger partial charge in [0.2, 0.25) is 0 Å². The van der Waals surface area contributed by atoms with Crippen molar-refractivity contribution >= 4 is 29.3 Å². The molecule has 3 aromatic rings. The summed E-state index contributed by atoms with van der Waals surface area (Å²) < 4.78 is 1.39. The molecule has 0 saturated heterocycles. The molecule has 0 spiro atoms. The number of carbonyl (C=O) groups excluding carboxylic acids is 1. The van der Waals surface area contributed by atoms with Gasteiger partial charge in [0.05, 0.1) is 11.4 Å². The van der Waals surface area contributed by atoms with E-state index in [1.54, 1.807) is 24.3 Å². The van der Waals surface area contributed by atoms with Gasteiger partial charge < -0.3 is 11.5 Å². The summed E-state index contributed by atoms with van der Waals surface area (Å²) in [7, 11) is 0. The highest BCUT2D eigenvalue weighted by Crippen LogP contribution is 2.33. The van der Waals surface area contributed by atoms with Gasteiger partial charge in [0.25, 0.3) is 0 Å². The second-order valence-electron chi connectivity index (χ2n) is 4.74. The van der Waals surface area contributed by atoms with Crippen molar-refractivity contribution in [2.45, 2.75) is 0 Å². The maximum atomic E-state index is 11.2. The molecule has 0 aliphatic heterocycles. The molecular weight excluding hydrogens is 292 g/mol. The van der Waals surface area contributed by atoms with Crippen LogP contribution in [0.15, 0.2) is 64.8 Å². The molecule has 114 valence electrons. The van der Waals surface area contributed by atoms with Crippen molar-refractivity contribution in [2.75, 3.05) is 11.5 Å². The Labute approximate surface area is 132 Å². The predicted octanol–water partition coefficient (Wildman–Crippen LogP) is 3.26. The Morgan fingerprint density at radius 1 is 0.957 bits per heavy atom. The lowest BCUT2D eigenvalue weighted by molar-refractivity contribution is 0.112. The maximum Gasteiger partial charge on any atom is 0.176 e. The lowest BCUT2D eigenvalue weighted by Crippen LogP contribution is -2.04. The summed E-state index contributed by atoms with van der Waals surface area (Å²) in [6, 6.07) is 16.1. The quantitative estimate of drug-likeness (QED) is 0.569. The highest BCUT2D eigenvalue weighted by molar-refractivity contribution is 5.82. The van der Waals surface area contributed by atoms with Gasteiger partial charge in [-0.25, -0.2) is 4.68 Å². The first kappa shape index (κ1) is 14.5. The predicted molar refractivity (Wildman–Crippen MR) is 88.4 cm³/mol. The van der Waals surface area contributed by atoms with E-state index in [4.69, 9.17) is 11.5 Å². The van der Waals surface area contributed by atoms with Crippen molar-refractivity contribution in [2.24, 2.45) is 10.2 Å². The standard InChI is InChI=1S/C16H14N6O/c17-15-14(20-19-12-7-2-1-3-8-12)16(18)22(21-15)13-9-5-4-6-11(13)10-23/h1-10H,18H2,(H2,17,21). The van der Waals surface area contributed by atoms with E-state index in [2.05, 4.69) is 15.3 Å². The minimum Gasteiger partial charge on any atom is -0.382 e. The van der Waals surface area contributed by atoms with Crippen LogP contribution in [0.3, 0.4) is 0 Å². The fourth-order valence-electron chi connectivity index (χ4n) is 2.11. The topological polar surface area (TPSA) is 112 Å². The van der Waals surface area contributed by atoms with Crippen LogP contribution in [0.25, 0.3) is 5.69 Å². The minimum absolute atomic E-state index is 0.142. The lowest BCUT2D eigenvalue weighted by atomic mass is 10.2. The monoisotopic (exact) mass is 306 g/mol. The molecule has 0 atom stereocenters. The highest BCUT2D eigenvalue weighted by atomic mass is 16.1. The second kappa shape index (κ2) is 6.10. The molecule has 3 rings (SSSR count). The fourth-order valence-corrected chi connectivity index (χ4v) is 2.11. The van der Waals surface area contributed by atoms with E-state index in [1.165, 1.54) is 4.68 Å². The average Bonchev–Trinajstić information content (AvgIpc) is 2.88. The number of nitrogens with zero attached hydrogens (tertiary/aromatic N) is 4. The summed E-state index contributed by atoms with van der Waals surface area (Å²) in [6.45, 7) is 0. The summed E-state index contributed by atoms with van der Waals surface area (Å²) in [4.78, 5) is 11.2. The van der Waals surface area contributed by atoms with Gasteiger partial charge in [0.1, 0.15) is 0 Å². The van der Waals surface area contributed by atoms with Crippen molar-refractivity contribution in [3.05, 3.63) is 60.2 Å². The second-order valence-corrected chi connectivity index (χ2v) is 4.74. The molecule has 1 heterocycles. The largest absolute Gasteiger partial charge is 0.382 e. The van der Waals surface area contributed by atoms with Crippen molar-refractivity contribution < 1.29 is 4.79 Å². The van der Waals surface area contributed by atoms with E-state index in [9.17, 15) is 4.79 Å². The molecule has 7 heteroatoms. The molecule has 0 aliphatic carbocycles. The van der Waals surface area contributed by atoms with Crippen molar-refractivity contribution in [3.8, 4) is 5.69 Å². The zero-order chi connectivity index (χ0) is 16.2. The lowest BCUT2D eigenvalue weighted by Gasteiger charge is -2.05. The summed E-state index contributed by atoms with van der Waals surface area (Å²) in [5.41, 5.74) is 13.9. The van der Waals surface area contributed by atoms with Crippen molar-refractivity contribution in [3.63, 3.8) is 0 Å². The summed E-state index contributed by atoms with van der Waals surface area (Å²) >= 11 is 0. The number of nitrogen functional groups attached to an aromatic ring is 2. The first-order chi connectivity index (χ1) is 11.2. The molecule has 1 aromatic heterocycles. The van der Waals surface area contributed by atoms with Crippen LogP contribution >= 0.6 is 0 Å². The Balaban J connectivity index is 2.03. The van der Waals surface area contributed by atoms with Gasteiger partial charge in [-0.2, -0.15) is 5.11 Å². The van der Waals surface area contributed by atoms with Gasteiger partial charge in [0, 0.05) is 5.56 Å². The number of azo groups is 1. The number of para-hydroxylation sites is 1. The first-order valence-corrected chi connectivity index (χ1v) is 6.86. The molecule has 0 aliphatic rings. The highest BCUT2D eigenvalue weighted by Gasteiger charge is 2.16. The minimum atomic E-state index is 0.142. The van der Waals surface area contributed by atoms with Gasteiger partial charge in [-0.15, -0.1) is 10.2 Å². The van der Waals surface area contributed by atoms with E-state index in [-0.39, 0.29) is 17.3 Å². The van der Waals surface area contributed by atoms with Crippen molar-refractivity contribution in [1.82, 2.24) is 9.78 Å². The van der Waals surface area contributed by atoms with Crippen LogP contribution in [0, 0.1) is 0 Å². The van der Waals surface area contributed by atoms with Crippen LogP contribution < -0.4 is 11.5 Å². The number of anilines is 2. The molecule has 2 aromatic carbocycles. The average molecular weight is 306 g/mol. The number of rotatable bonds is 4. The number of benzene rings is 2. The molecule has 23 heavy (non-hydrogen) atoms. The van der Waals surface area contributed by atoms with Crippen LogP contribution in [-0.2, 0) is 0 Å². The van der Waals surface area contributed by atoms with Gasteiger partial charge in [-0.1, -0.05) is 30.3 Å². The normalized spacial score (nSPS) is 11.0. The van der Waals surface area contributed by atoms with E-state index in [0.717, 1.165) is 6.29 Å². The zero-order valence-electron chi connectivity index (χ0n) is 12.1. The Morgan fingerprint density at radius 3 is 2.39 bits per heavy atom. The van der Waals surface area contributed by atoms with Crippen molar-refractivity contribution in [1.29, 1.82) is 0 Å². The van der Waals surface area contributed by atoms with Gasteiger partial charge in [-0.05, 0) is 24.3 Å². The molecule has 4 N–H and O–H groups in total. The molecule has 0 radical (unpaired) electrons. The first-order valence-electron chi connectivity index (χ1n) is 6.86. The summed E-state index contributed by atoms with van der Waals surface area (Å²) in [5.74, 6) is 0.361. The molecule has 0 amide bonds. The molecule has 0 fully saturated rings. The van der Waals surface area contributed by atoms with Crippen LogP contribution in [0.5, 0.6) is 0 Å². The summed E-state index contributed by atoms with van der Waals surface area (Å²) in [6.07, 6.45) is 0.734. The van der Waals surface area contributed by atoms with Crippen LogP contribution in [0.2, 0.25) is 0 Å². The fraction of sp³-hybridized carbons (Fsp3) is 0. The van der Waals surface area contributed by atoms with E-state index < -0.39 is 0 Å². The Morgan fingerprint density at radius 2 is 1.65 bits per heavy atom. The number of hydrogen-bond donors (Lipinski definition) is 2. The Hall–Kier alpha value is -3.48. The van der Waals surface area contributed by atoms with E-state index in [1.807, 2.05) is 30.3 Å². The number of nitrogens with two attached hydrogens (primary N) is 2. The smallest absolute Gasteiger partial charge is 0.176 e. The van der Waals surface area contributed by atoms with Gasteiger partial charge in [0.15, 0.2) is 23.6 Å². The molecule has 0 unspecified atom stereocenters. The molecule has 0 saturated carbocycles. The molecule has 0 bridgehead atoms. The van der Waals surface area contributed by atoms with Crippen LogP contribution in [0.4, 0.5) is 23.0 Å². The number of aromatic nitrogens is 2.